The number of phenols is 1. The van der Waals surface area contributed by atoms with Gasteiger partial charge in [0.15, 0.2) is 0 Å². The average molecular weight is 496 g/mol. The molecule has 2 N–H and O–H groups in total. The van der Waals surface area contributed by atoms with E-state index in [2.05, 4.69) is 51.9 Å². The van der Waals surface area contributed by atoms with Gasteiger partial charge in [-0.05, 0) is 59.4 Å². The molecule has 3 rings (SSSR count). The van der Waals surface area contributed by atoms with Crippen LogP contribution in [0.3, 0.4) is 0 Å². The van der Waals surface area contributed by atoms with Crippen molar-refractivity contribution in [3.05, 3.63) is 58.7 Å². The molecule has 1 aliphatic carbocycles. The van der Waals surface area contributed by atoms with Gasteiger partial charge in [0.1, 0.15) is 29.4 Å². The minimum Gasteiger partial charge on any atom is -0.507 e. The molecule has 0 saturated heterocycles. The molecule has 0 saturated carbocycles. The van der Waals surface area contributed by atoms with Gasteiger partial charge >= 0.3 is 5.97 Å². The summed E-state index contributed by atoms with van der Waals surface area (Å²) in [6, 6.07) is 10.7. The van der Waals surface area contributed by atoms with Gasteiger partial charge in [-0.2, -0.15) is 0 Å². The fourth-order valence-electron chi connectivity index (χ4n) is 4.81. The van der Waals surface area contributed by atoms with E-state index in [9.17, 15) is 15.1 Å². The summed E-state index contributed by atoms with van der Waals surface area (Å²) in [5, 5.41) is 23.6. The van der Waals surface area contributed by atoms with Crippen molar-refractivity contribution in [3.8, 4) is 11.5 Å². The highest BCUT2D eigenvalue weighted by Gasteiger charge is 2.37. The molecule has 0 spiro atoms. The highest BCUT2D eigenvalue weighted by atomic mass is 16.5. The normalized spacial score (nSPS) is 16.3. The summed E-state index contributed by atoms with van der Waals surface area (Å²) in [4.78, 5) is 12.3. The highest BCUT2D eigenvalue weighted by molar-refractivity contribution is 6.01. The van der Waals surface area contributed by atoms with Gasteiger partial charge in [0, 0.05) is 11.6 Å². The number of hydrogen-bond donors (Lipinski definition) is 2. The molecule has 0 amide bonds. The van der Waals surface area contributed by atoms with E-state index < -0.39 is 5.97 Å². The Balaban J connectivity index is 1.63. The van der Waals surface area contributed by atoms with Gasteiger partial charge in [-0.15, -0.1) is 0 Å². The van der Waals surface area contributed by atoms with Crippen LogP contribution in [0.25, 0.3) is 0 Å². The van der Waals surface area contributed by atoms with Gasteiger partial charge < -0.3 is 19.8 Å². The molecule has 0 fully saturated rings. The lowest BCUT2D eigenvalue weighted by atomic mass is 9.63. The number of rotatable bonds is 11. The van der Waals surface area contributed by atoms with Gasteiger partial charge in [-0.1, -0.05) is 77.6 Å². The van der Waals surface area contributed by atoms with Crippen LogP contribution in [-0.4, -0.2) is 35.2 Å². The minimum absolute atomic E-state index is 0.0140. The maximum absolute atomic E-state index is 12.3. The number of unbranched alkanes of at least 4 members (excludes halogenated alkanes) is 4. The standard InChI is InChI=1S/C30H41NO5/c1-6-7-8-9-10-17-35-28(33)23-13-12-22(19-27(23)32)36-20-26(31-34)21-11-14-24-25(18-21)30(4,5)16-15-29(24,2)3/h11-14,18-19,32,34H,6-10,15-17,20H2,1-5H3. The number of benzene rings is 2. The Morgan fingerprint density at radius 2 is 1.64 bits per heavy atom. The summed E-state index contributed by atoms with van der Waals surface area (Å²) in [5.41, 5.74) is 4.03. The van der Waals surface area contributed by atoms with Crippen LogP contribution in [0.2, 0.25) is 0 Å². The maximum atomic E-state index is 12.3. The topological polar surface area (TPSA) is 88.4 Å². The number of aromatic hydroxyl groups is 1. The molecular weight excluding hydrogens is 454 g/mol. The predicted molar refractivity (Wildman–Crippen MR) is 143 cm³/mol. The molecule has 0 bridgehead atoms. The summed E-state index contributed by atoms with van der Waals surface area (Å²) in [7, 11) is 0. The monoisotopic (exact) mass is 495 g/mol. The van der Waals surface area contributed by atoms with Gasteiger partial charge in [0.25, 0.3) is 0 Å². The number of phenolic OH excluding ortho intramolecular Hbond substituents is 1. The molecule has 2 aromatic carbocycles. The Kier molecular flexibility index (Phi) is 9.04. The molecule has 0 atom stereocenters. The largest absolute Gasteiger partial charge is 0.507 e. The fourth-order valence-corrected chi connectivity index (χ4v) is 4.81. The van der Waals surface area contributed by atoms with Crippen LogP contribution in [0.4, 0.5) is 0 Å². The van der Waals surface area contributed by atoms with Crippen molar-refractivity contribution in [2.75, 3.05) is 13.2 Å². The summed E-state index contributed by atoms with van der Waals surface area (Å²) >= 11 is 0. The molecule has 0 radical (unpaired) electrons. The van der Waals surface area contributed by atoms with Crippen LogP contribution < -0.4 is 4.74 Å². The van der Waals surface area contributed by atoms with Crippen LogP contribution >= 0.6 is 0 Å². The molecule has 0 aliphatic heterocycles. The van der Waals surface area contributed by atoms with E-state index in [0.29, 0.717) is 18.1 Å². The van der Waals surface area contributed by atoms with E-state index >= 15 is 0 Å². The molecule has 6 nitrogen and oxygen atoms in total. The average Bonchev–Trinajstić information content (AvgIpc) is 2.84. The number of ether oxygens (including phenoxy) is 2. The highest BCUT2D eigenvalue weighted by Crippen LogP contribution is 2.46. The Bertz CT molecular complexity index is 1090. The third kappa shape index (κ3) is 6.59. The molecule has 0 unspecified atom stereocenters. The van der Waals surface area contributed by atoms with Crippen LogP contribution in [0.15, 0.2) is 41.6 Å². The fraction of sp³-hybridized carbons (Fsp3) is 0.533. The number of nitrogens with zero attached hydrogens (tertiary/aromatic N) is 1. The van der Waals surface area contributed by atoms with E-state index in [1.807, 2.05) is 6.07 Å². The lowest BCUT2D eigenvalue weighted by Crippen LogP contribution is -2.34. The van der Waals surface area contributed by atoms with E-state index in [1.54, 1.807) is 6.07 Å². The lowest BCUT2D eigenvalue weighted by Gasteiger charge is -2.42. The molecule has 36 heavy (non-hydrogen) atoms. The summed E-state index contributed by atoms with van der Waals surface area (Å²) in [6.45, 7) is 11.5. The van der Waals surface area contributed by atoms with Crippen molar-refractivity contribution < 1.29 is 24.6 Å². The first-order chi connectivity index (χ1) is 17.1. The zero-order chi connectivity index (χ0) is 26.3. The quantitative estimate of drug-likeness (QED) is 0.114. The van der Waals surface area contributed by atoms with Gasteiger partial charge in [0.05, 0.1) is 6.61 Å². The molecule has 6 heteroatoms. The number of hydrogen-bond acceptors (Lipinski definition) is 6. The molecular formula is C30H41NO5. The first kappa shape index (κ1) is 27.6. The smallest absolute Gasteiger partial charge is 0.341 e. The van der Waals surface area contributed by atoms with E-state index in [4.69, 9.17) is 9.47 Å². The van der Waals surface area contributed by atoms with Gasteiger partial charge in [0.2, 0.25) is 0 Å². The van der Waals surface area contributed by atoms with Crippen molar-refractivity contribution in [1.82, 2.24) is 0 Å². The van der Waals surface area contributed by atoms with E-state index in [1.165, 1.54) is 29.7 Å². The van der Waals surface area contributed by atoms with Crippen molar-refractivity contribution in [1.29, 1.82) is 0 Å². The summed E-state index contributed by atoms with van der Waals surface area (Å²) in [5.74, 6) is -0.389. The number of oxime groups is 1. The first-order valence-electron chi connectivity index (χ1n) is 13.1. The SMILES string of the molecule is CCCCCCCOC(=O)c1ccc(OCC(=NO)c2ccc3c(c2)C(C)(C)CCC3(C)C)cc1O. The van der Waals surface area contributed by atoms with Crippen molar-refractivity contribution in [2.45, 2.75) is 90.4 Å². The van der Waals surface area contributed by atoms with Gasteiger partial charge in [-0.3, -0.25) is 0 Å². The van der Waals surface area contributed by atoms with Gasteiger partial charge in [-0.25, -0.2) is 4.79 Å². The Morgan fingerprint density at radius 1 is 0.944 bits per heavy atom. The number of fused-ring (bicyclic) bond motifs is 1. The van der Waals surface area contributed by atoms with Crippen molar-refractivity contribution in [2.24, 2.45) is 5.16 Å². The molecule has 2 aromatic rings. The predicted octanol–water partition coefficient (Wildman–Crippen LogP) is 7.13. The Hall–Kier alpha value is -3.02. The van der Waals surface area contributed by atoms with Crippen molar-refractivity contribution in [3.63, 3.8) is 0 Å². The van der Waals surface area contributed by atoms with Crippen molar-refractivity contribution >= 4 is 11.7 Å². The molecule has 196 valence electrons. The first-order valence-corrected chi connectivity index (χ1v) is 13.1. The summed E-state index contributed by atoms with van der Waals surface area (Å²) in [6.07, 6.45) is 7.53. The second-order valence-electron chi connectivity index (χ2n) is 11.1. The third-order valence-electron chi connectivity index (χ3n) is 7.35. The minimum atomic E-state index is -0.549. The van der Waals surface area contributed by atoms with E-state index in [-0.39, 0.29) is 28.7 Å². The molecule has 0 heterocycles. The zero-order valence-electron chi connectivity index (χ0n) is 22.4. The third-order valence-corrected chi connectivity index (χ3v) is 7.35. The zero-order valence-corrected chi connectivity index (χ0v) is 22.4. The van der Waals surface area contributed by atoms with Crippen LogP contribution in [0.5, 0.6) is 11.5 Å². The molecule has 1 aliphatic rings. The summed E-state index contributed by atoms with van der Waals surface area (Å²) < 4.78 is 11.1. The Labute approximate surface area is 215 Å². The van der Waals surface area contributed by atoms with Crippen LogP contribution in [0, 0.1) is 0 Å². The van der Waals surface area contributed by atoms with Crippen LogP contribution in [-0.2, 0) is 15.6 Å². The lowest BCUT2D eigenvalue weighted by molar-refractivity contribution is 0.0494. The second-order valence-corrected chi connectivity index (χ2v) is 11.1. The maximum Gasteiger partial charge on any atom is 0.341 e. The molecule has 0 aromatic heterocycles. The van der Waals surface area contributed by atoms with E-state index in [0.717, 1.165) is 44.1 Å². The van der Waals surface area contributed by atoms with Crippen LogP contribution in [0.1, 0.15) is 107 Å². The number of carbonyl (C=O) groups is 1. The Morgan fingerprint density at radius 3 is 2.31 bits per heavy atom. The number of carbonyl (C=O) groups excluding carboxylic acids is 1. The second kappa shape index (κ2) is 11.8. The number of esters is 1.